The van der Waals surface area contributed by atoms with Crippen molar-refractivity contribution in [3.05, 3.63) is 35.9 Å². The fourth-order valence-electron chi connectivity index (χ4n) is 1.67. The van der Waals surface area contributed by atoms with Crippen LogP contribution in [0.15, 0.2) is 30.3 Å². The van der Waals surface area contributed by atoms with Crippen LogP contribution in [0.3, 0.4) is 0 Å². The van der Waals surface area contributed by atoms with Crippen molar-refractivity contribution in [2.24, 2.45) is 0 Å². The normalized spacial score (nSPS) is 26.1. The van der Waals surface area contributed by atoms with E-state index in [9.17, 15) is 8.42 Å². The standard InChI is InChI=1S/C10H13NO2S/c1-14(12,13)11-10-7-9(10)8-5-3-2-4-6-8/h2-6,9-11H,7H2,1H3. The van der Waals surface area contributed by atoms with Gasteiger partial charge in [-0.1, -0.05) is 30.3 Å². The van der Waals surface area contributed by atoms with E-state index in [0.717, 1.165) is 6.42 Å². The molecule has 1 fully saturated rings. The highest BCUT2D eigenvalue weighted by atomic mass is 32.2. The maximum absolute atomic E-state index is 10.9. The van der Waals surface area contributed by atoms with Crippen LogP contribution in [-0.4, -0.2) is 20.7 Å². The predicted octanol–water partition coefficient (Wildman–Crippen LogP) is 1.09. The smallest absolute Gasteiger partial charge is 0.208 e. The van der Waals surface area contributed by atoms with Gasteiger partial charge in [0.1, 0.15) is 0 Å². The lowest BCUT2D eigenvalue weighted by atomic mass is 10.1. The zero-order valence-electron chi connectivity index (χ0n) is 7.97. The van der Waals surface area contributed by atoms with Crippen molar-refractivity contribution in [3.63, 3.8) is 0 Å². The van der Waals surface area contributed by atoms with Crippen LogP contribution in [-0.2, 0) is 10.0 Å². The first-order chi connectivity index (χ1) is 6.56. The molecule has 0 spiro atoms. The predicted molar refractivity (Wildman–Crippen MR) is 55.6 cm³/mol. The average molecular weight is 211 g/mol. The van der Waals surface area contributed by atoms with E-state index in [0.29, 0.717) is 5.92 Å². The van der Waals surface area contributed by atoms with E-state index in [1.54, 1.807) is 0 Å². The van der Waals surface area contributed by atoms with Crippen LogP contribution in [0.25, 0.3) is 0 Å². The van der Waals surface area contributed by atoms with Gasteiger partial charge in [-0.05, 0) is 12.0 Å². The number of nitrogens with one attached hydrogen (secondary N) is 1. The van der Waals surface area contributed by atoms with Gasteiger partial charge < -0.3 is 0 Å². The van der Waals surface area contributed by atoms with E-state index in [1.807, 2.05) is 30.3 Å². The monoisotopic (exact) mass is 211 g/mol. The first kappa shape index (κ1) is 9.68. The highest BCUT2D eigenvalue weighted by Crippen LogP contribution is 2.40. The summed E-state index contributed by atoms with van der Waals surface area (Å²) in [5.74, 6) is 0.367. The quantitative estimate of drug-likeness (QED) is 0.813. The summed E-state index contributed by atoms with van der Waals surface area (Å²) in [7, 11) is -3.05. The lowest BCUT2D eigenvalue weighted by molar-refractivity contribution is 0.586. The maximum atomic E-state index is 10.9. The van der Waals surface area contributed by atoms with Crippen LogP contribution in [0.4, 0.5) is 0 Å². The Labute approximate surface area is 84.2 Å². The molecule has 1 aromatic rings. The molecular formula is C10H13NO2S. The number of hydrogen-bond donors (Lipinski definition) is 1. The van der Waals surface area contributed by atoms with E-state index in [2.05, 4.69) is 4.72 Å². The van der Waals surface area contributed by atoms with Crippen LogP contribution < -0.4 is 4.72 Å². The van der Waals surface area contributed by atoms with E-state index >= 15 is 0 Å². The van der Waals surface area contributed by atoms with E-state index < -0.39 is 10.0 Å². The molecule has 76 valence electrons. The Hall–Kier alpha value is -0.870. The van der Waals surface area contributed by atoms with Gasteiger partial charge >= 0.3 is 0 Å². The van der Waals surface area contributed by atoms with Crippen LogP contribution in [0.5, 0.6) is 0 Å². The summed E-state index contributed by atoms with van der Waals surface area (Å²) in [4.78, 5) is 0. The van der Waals surface area contributed by atoms with Gasteiger partial charge in [-0.3, -0.25) is 0 Å². The van der Waals surface area contributed by atoms with Gasteiger partial charge in [-0.2, -0.15) is 0 Å². The highest BCUT2D eigenvalue weighted by molar-refractivity contribution is 7.88. The lowest BCUT2D eigenvalue weighted by Gasteiger charge is -2.00. The molecule has 0 radical (unpaired) electrons. The van der Waals surface area contributed by atoms with Crippen molar-refractivity contribution in [2.45, 2.75) is 18.4 Å². The number of sulfonamides is 1. The largest absolute Gasteiger partial charge is 0.213 e. The fourth-order valence-corrected chi connectivity index (χ4v) is 2.48. The Balaban J connectivity index is 2.01. The van der Waals surface area contributed by atoms with E-state index in [4.69, 9.17) is 0 Å². The zero-order valence-corrected chi connectivity index (χ0v) is 8.79. The third kappa shape index (κ3) is 2.33. The average Bonchev–Trinajstić information content (AvgIpc) is 2.82. The molecule has 0 bridgehead atoms. The molecule has 2 rings (SSSR count). The molecule has 1 aliphatic rings. The second-order valence-electron chi connectivity index (χ2n) is 3.75. The molecule has 0 aromatic heterocycles. The van der Waals surface area contributed by atoms with Crippen LogP contribution >= 0.6 is 0 Å². The molecule has 0 aliphatic heterocycles. The number of rotatable bonds is 3. The maximum Gasteiger partial charge on any atom is 0.208 e. The van der Waals surface area contributed by atoms with Gasteiger partial charge in [-0.15, -0.1) is 0 Å². The lowest BCUT2D eigenvalue weighted by Crippen LogP contribution is -2.25. The second-order valence-corrected chi connectivity index (χ2v) is 5.53. The van der Waals surface area contributed by atoms with Crippen molar-refractivity contribution < 1.29 is 8.42 Å². The van der Waals surface area contributed by atoms with Gasteiger partial charge in [0, 0.05) is 12.0 Å². The molecule has 4 heteroatoms. The van der Waals surface area contributed by atoms with Gasteiger partial charge in [-0.25, -0.2) is 13.1 Å². The van der Waals surface area contributed by atoms with Gasteiger partial charge in [0.05, 0.1) is 6.26 Å². The minimum Gasteiger partial charge on any atom is -0.213 e. The molecule has 14 heavy (non-hydrogen) atoms. The van der Waals surface area contributed by atoms with Gasteiger partial charge in [0.15, 0.2) is 0 Å². The summed E-state index contributed by atoms with van der Waals surface area (Å²) >= 11 is 0. The molecular weight excluding hydrogens is 198 g/mol. The third-order valence-corrected chi connectivity index (χ3v) is 3.11. The Bertz CT molecular complexity index is 413. The molecule has 1 N–H and O–H groups in total. The molecule has 0 saturated heterocycles. The summed E-state index contributed by atoms with van der Waals surface area (Å²) in [6.07, 6.45) is 2.12. The topological polar surface area (TPSA) is 46.2 Å². The van der Waals surface area contributed by atoms with Crippen molar-refractivity contribution in [1.82, 2.24) is 4.72 Å². The second kappa shape index (κ2) is 3.37. The summed E-state index contributed by atoms with van der Waals surface area (Å²) < 4.78 is 24.5. The SMILES string of the molecule is CS(=O)(=O)NC1CC1c1ccccc1. The van der Waals surface area contributed by atoms with Crippen molar-refractivity contribution in [1.29, 1.82) is 0 Å². The fraction of sp³-hybridized carbons (Fsp3) is 0.400. The first-order valence-electron chi connectivity index (χ1n) is 4.58. The first-order valence-corrected chi connectivity index (χ1v) is 6.47. The molecule has 0 amide bonds. The molecule has 0 heterocycles. The molecule has 2 unspecified atom stereocenters. The van der Waals surface area contributed by atoms with Crippen LogP contribution in [0.1, 0.15) is 17.9 Å². The van der Waals surface area contributed by atoms with Crippen molar-refractivity contribution in [3.8, 4) is 0 Å². The minimum absolute atomic E-state index is 0.104. The Kier molecular flexibility index (Phi) is 2.33. The zero-order chi connectivity index (χ0) is 10.2. The van der Waals surface area contributed by atoms with E-state index in [-0.39, 0.29) is 6.04 Å². The molecule has 2 atom stereocenters. The Morgan fingerprint density at radius 2 is 1.93 bits per heavy atom. The Morgan fingerprint density at radius 3 is 2.50 bits per heavy atom. The molecule has 1 aromatic carbocycles. The number of benzene rings is 1. The minimum atomic E-state index is -3.05. The summed E-state index contributed by atoms with van der Waals surface area (Å²) in [6, 6.07) is 10.1. The molecule has 1 aliphatic carbocycles. The number of hydrogen-bond acceptors (Lipinski definition) is 2. The summed E-state index contributed by atoms with van der Waals surface area (Å²) in [5, 5.41) is 0. The van der Waals surface area contributed by atoms with Gasteiger partial charge in [0.2, 0.25) is 10.0 Å². The van der Waals surface area contributed by atoms with Crippen LogP contribution in [0, 0.1) is 0 Å². The van der Waals surface area contributed by atoms with Crippen LogP contribution in [0.2, 0.25) is 0 Å². The van der Waals surface area contributed by atoms with Gasteiger partial charge in [0.25, 0.3) is 0 Å². The summed E-state index contributed by atoms with van der Waals surface area (Å²) in [5.41, 5.74) is 1.22. The van der Waals surface area contributed by atoms with E-state index in [1.165, 1.54) is 11.8 Å². The van der Waals surface area contributed by atoms with Crippen molar-refractivity contribution in [2.75, 3.05) is 6.26 Å². The Morgan fingerprint density at radius 1 is 1.29 bits per heavy atom. The summed E-state index contributed by atoms with van der Waals surface area (Å²) in [6.45, 7) is 0. The van der Waals surface area contributed by atoms with Crippen molar-refractivity contribution >= 4 is 10.0 Å². The third-order valence-electron chi connectivity index (χ3n) is 2.38. The highest BCUT2D eigenvalue weighted by Gasteiger charge is 2.39. The molecule has 3 nitrogen and oxygen atoms in total. The molecule has 1 saturated carbocycles.